The van der Waals surface area contributed by atoms with Crippen molar-refractivity contribution < 1.29 is 14.1 Å². The number of rotatable bonds is 6. The number of hydrogen-bond donors (Lipinski definition) is 1. The number of methoxy groups -OCH3 is 1. The molecule has 4 rings (SSSR count). The maximum atomic E-state index is 12.4. The lowest BCUT2D eigenvalue weighted by Crippen LogP contribution is -2.24. The van der Waals surface area contributed by atoms with E-state index in [2.05, 4.69) is 10.1 Å². The number of likely N-dealkylation sites (tertiary alicyclic amines) is 1. The molecule has 0 radical (unpaired) electrons. The zero-order chi connectivity index (χ0) is 19.5. The Labute approximate surface area is 163 Å². The van der Waals surface area contributed by atoms with E-state index in [1.807, 2.05) is 53.4 Å². The van der Waals surface area contributed by atoms with Crippen molar-refractivity contribution in [1.29, 1.82) is 0 Å². The van der Waals surface area contributed by atoms with E-state index in [4.69, 9.17) is 15.0 Å². The fraction of sp³-hybridized carbons (Fsp3) is 0.286. The quantitative estimate of drug-likeness (QED) is 0.709. The third-order valence-corrected chi connectivity index (χ3v) is 4.99. The molecule has 0 bridgehead atoms. The van der Waals surface area contributed by atoms with Crippen molar-refractivity contribution in [2.75, 3.05) is 13.7 Å². The Hall–Kier alpha value is -3.19. The van der Waals surface area contributed by atoms with E-state index in [9.17, 15) is 4.79 Å². The summed E-state index contributed by atoms with van der Waals surface area (Å²) in [4.78, 5) is 18.8. The Morgan fingerprint density at radius 3 is 2.54 bits per heavy atom. The average molecular weight is 378 g/mol. The van der Waals surface area contributed by atoms with E-state index < -0.39 is 0 Å². The van der Waals surface area contributed by atoms with Gasteiger partial charge in [-0.2, -0.15) is 4.98 Å². The summed E-state index contributed by atoms with van der Waals surface area (Å²) in [7, 11) is 1.63. The number of hydrogen-bond acceptors (Lipinski definition) is 6. The lowest BCUT2D eigenvalue weighted by Gasteiger charge is -2.16. The van der Waals surface area contributed by atoms with Crippen molar-refractivity contribution in [3.8, 4) is 17.1 Å². The monoisotopic (exact) mass is 378 g/mol. The molecule has 2 N–H and O–H groups in total. The summed E-state index contributed by atoms with van der Waals surface area (Å²) < 4.78 is 10.6. The molecule has 0 spiro atoms. The minimum absolute atomic E-state index is 0.0877. The Morgan fingerprint density at radius 1 is 1.14 bits per heavy atom. The molecule has 1 fully saturated rings. The van der Waals surface area contributed by atoms with E-state index in [0.717, 1.165) is 22.4 Å². The first-order valence-electron chi connectivity index (χ1n) is 9.20. The van der Waals surface area contributed by atoms with Crippen LogP contribution in [0.2, 0.25) is 0 Å². The van der Waals surface area contributed by atoms with E-state index in [1.54, 1.807) is 7.11 Å². The Morgan fingerprint density at radius 2 is 1.86 bits per heavy atom. The molecule has 1 aliphatic rings. The molecule has 1 aliphatic heterocycles. The summed E-state index contributed by atoms with van der Waals surface area (Å²) in [6, 6.07) is 15.5. The standard InChI is InChI=1S/C21H22N4O3/c1-27-18-8-4-15(5-9-18)12-25-13-17(10-19(25)26)21-23-20(24-28-21)16-6-2-14(11-22)3-7-16/h2-9,17H,10-13,22H2,1H3. The molecule has 1 aromatic heterocycles. The molecule has 0 saturated carbocycles. The molecule has 7 heteroatoms. The normalized spacial score (nSPS) is 16.6. The van der Waals surface area contributed by atoms with Crippen LogP contribution < -0.4 is 10.5 Å². The van der Waals surface area contributed by atoms with Crippen molar-refractivity contribution in [3.63, 3.8) is 0 Å². The van der Waals surface area contributed by atoms with Crippen molar-refractivity contribution in [2.45, 2.75) is 25.4 Å². The number of aromatic nitrogens is 2. The van der Waals surface area contributed by atoms with Gasteiger partial charge >= 0.3 is 0 Å². The summed E-state index contributed by atoms with van der Waals surface area (Å²) in [6.07, 6.45) is 0.379. The second kappa shape index (κ2) is 7.82. The van der Waals surface area contributed by atoms with Gasteiger partial charge in [0.1, 0.15) is 5.75 Å². The van der Waals surface area contributed by atoms with Crippen LogP contribution in [0, 0.1) is 0 Å². The first-order valence-corrected chi connectivity index (χ1v) is 9.20. The van der Waals surface area contributed by atoms with Crippen molar-refractivity contribution in [3.05, 3.63) is 65.5 Å². The number of ether oxygens (including phenoxy) is 1. The van der Waals surface area contributed by atoms with Crippen LogP contribution in [0.1, 0.15) is 29.4 Å². The molecule has 28 heavy (non-hydrogen) atoms. The fourth-order valence-corrected chi connectivity index (χ4v) is 3.35. The number of benzene rings is 2. The van der Waals surface area contributed by atoms with Gasteiger partial charge in [-0.25, -0.2) is 0 Å². The lowest BCUT2D eigenvalue weighted by molar-refractivity contribution is -0.128. The van der Waals surface area contributed by atoms with E-state index in [1.165, 1.54) is 0 Å². The molecule has 144 valence electrons. The van der Waals surface area contributed by atoms with Crippen molar-refractivity contribution in [2.24, 2.45) is 5.73 Å². The SMILES string of the molecule is COc1ccc(CN2CC(c3nc(-c4ccc(CN)cc4)no3)CC2=O)cc1. The number of nitrogens with zero attached hydrogens (tertiary/aromatic N) is 3. The summed E-state index contributed by atoms with van der Waals surface area (Å²) >= 11 is 0. The molecule has 1 saturated heterocycles. The lowest BCUT2D eigenvalue weighted by atomic mass is 10.1. The van der Waals surface area contributed by atoms with Crippen LogP contribution in [0.25, 0.3) is 11.4 Å². The highest BCUT2D eigenvalue weighted by molar-refractivity contribution is 5.79. The summed E-state index contributed by atoms with van der Waals surface area (Å²) in [5.41, 5.74) is 8.60. The molecule has 1 unspecified atom stereocenters. The van der Waals surface area contributed by atoms with E-state index >= 15 is 0 Å². The third-order valence-electron chi connectivity index (χ3n) is 4.99. The summed E-state index contributed by atoms with van der Waals surface area (Å²) in [5.74, 6) is 1.83. The Kier molecular flexibility index (Phi) is 5.08. The smallest absolute Gasteiger partial charge is 0.232 e. The van der Waals surface area contributed by atoms with Gasteiger partial charge in [-0.1, -0.05) is 41.6 Å². The molecule has 0 aliphatic carbocycles. The van der Waals surface area contributed by atoms with Gasteiger partial charge in [0.25, 0.3) is 0 Å². The maximum absolute atomic E-state index is 12.4. The highest BCUT2D eigenvalue weighted by atomic mass is 16.5. The average Bonchev–Trinajstić information content (AvgIpc) is 3.36. The number of carbonyl (C=O) groups is 1. The van der Waals surface area contributed by atoms with Gasteiger partial charge in [0, 0.05) is 31.6 Å². The number of nitrogens with two attached hydrogens (primary N) is 1. The topological polar surface area (TPSA) is 94.5 Å². The van der Waals surface area contributed by atoms with Crippen LogP contribution >= 0.6 is 0 Å². The second-order valence-electron chi connectivity index (χ2n) is 6.88. The van der Waals surface area contributed by atoms with Crippen LogP contribution in [0.15, 0.2) is 53.1 Å². The van der Waals surface area contributed by atoms with Gasteiger partial charge in [0.05, 0.1) is 13.0 Å². The van der Waals surface area contributed by atoms with Gasteiger partial charge in [0.15, 0.2) is 0 Å². The van der Waals surface area contributed by atoms with Crippen LogP contribution in [-0.4, -0.2) is 34.6 Å². The third kappa shape index (κ3) is 3.75. The highest BCUT2D eigenvalue weighted by Crippen LogP contribution is 2.30. The van der Waals surface area contributed by atoms with Crippen LogP contribution in [-0.2, 0) is 17.9 Å². The highest BCUT2D eigenvalue weighted by Gasteiger charge is 2.34. The van der Waals surface area contributed by atoms with Gasteiger partial charge in [0.2, 0.25) is 17.6 Å². The van der Waals surface area contributed by atoms with E-state index in [0.29, 0.717) is 37.8 Å². The van der Waals surface area contributed by atoms with Crippen LogP contribution in [0.5, 0.6) is 5.75 Å². The molecule has 7 nitrogen and oxygen atoms in total. The van der Waals surface area contributed by atoms with Gasteiger partial charge in [-0.05, 0) is 23.3 Å². The van der Waals surface area contributed by atoms with Crippen LogP contribution in [0.4, 0.5) is 0 Å². The number of amides is 1. The summed E-state index contributed by atoms with van der Waals surface area (Å²) in [5, 5.41) is 4.08. The molecular weight excluding hydrogens is 356 g/mol. The fourth-order valence-electron chi connectivity index (χ4n) is 3.35. The molecule has 2 heterocycles. The van der Waals surface area contributed by atoms with Crippen molar-refractivity contribution >= 4 is 5.91 Å². The molecule has 1 atom stereocenters. The first-order chi connectivity index (χ1) is 13.7. The molecule has 3 aromatic rings. The maximum Gasteiger partial charge on any atom is 0.232 e. The van der Waals surface area contributed by atoms with Gasteiger partial charge in [-0.15, -0.1) is 0 Å². The van der Waals surface area contributed by atoms with Gasteiger partial charge in [-0.3, -0.25) is 4.79 Å². The number of carbonyl (C=O) groups excluding carboxylic acids is 1. The minimum atomic E-state index is -0.0877. The predicted molar refractivity (Wildman–Crippen MR) is 103 cm³/mol. The van der Waals surface area contributed by atoms with Crippen LogP contribution in [0.3, 0.4) is 0 Å². The second-order valence-corrected chi connectivity index (χ2v) is 6.88. The predicted octanol–water partition coefficient (Wildman–Crippen LogP) is 2.72. The molecular formula is C21H22N4O3. The van der Waals surface area contributed by atoms with E-state index in [-0.39, 0.29) is 11.8 Å². The molecule has 2 aromatic carbocycles. The Balaban J connectivity index is 1.44. The van der Waals surface area contributed by atoms with Crippen molar-refractivity contribution in [1.82, 2.24) is 15.0 Å². The molecule has 1 amide bonds. The summed E-state index contributed by atoms with van der Waals surface area (Å²) in [6.45, 7) is 1.62. The van der Waals surface area contributed by atoms with Gasteiger partial charge < -0.3 is 19.9 Å². The Bertz CT molecular complexity index is 951. The largest absolute Gasteiger partial charge is 0.497 e. The zero-order valence-electron chi connectivity index (χ0n) is 15.7. The zero-order valence-corrected chi connectivity index (χ0v) is 15.7. The minimum Gasteiger partial charge on any atom is -0.497 e. The first kappa shape index (κ1) is 18.2.